The third-order valence-corrected chi connectivity index (χ3v) is 5.47. The van der Waals surface area contributed by atoms with Gasteiger partial charge >= 0.3 is 0 Å². The highest BCUT2D eigenvalue weighted by molar-refractivity contribution is 14.0. The summed E-state index contributed by atoms with van der Waals surface area (Å²) in [5.41, 5.74) is 2.74. The van der Waals surface area contributed by atoms with Crippen LogP contribution in [0.5, 0.6) is 0 Å². The lowest BCUT2D eigenvalue weighted by Gasteiger charge is -2.34. The zero-order chi connectivity index (χ0) is 20.9. The Kier molecular flexibility index (Phi) is 14.3. The van der Waals surface area contributed by atoms with Crippen LogP contribution in [0.2, 0.25) is 0 Å². The second kappa shape index (κ2) is 15.8. The fourth-order valence-electron chi connectivity index (χ4n) is 3.45. The quantitative estimate of drug-likeness (QED) is 0.199. The van der Waals surface area contributed by atoms with Gasteiger partial charge in [0, 0.05) is 59.5 Å². The van der Waals surface area contributed by atoms with Crippen molar-refractivity contribution in [3.8, 4) is 0 Å². The molecule has 1 aliphatic heterocycles. The number of likely N-dealkylation sites (N-methyl/N-ethyl adjacent to an activating group) is 1. The lowest BCUT2D eigenvalue weighted by Crippen LogP contribution is -2.45. The van der Waals surface area contributed by atoms with Gasteiger partial charge in [0.1, 0.15) is 0 Å². The second-order valence-electron chi connectivity index (χ2n) is 8.13. The zero-order valence-electron chi connectivity index (χ0n) is 19.3. The number of hydrogen-bond donors (Lipinski definition) is 2. The molecular weight excluding hydrogens is 489 g/mol. The largest absolute Gasteiger partial charge is 0.380 e. The van der Waals surface area contributed by atoms with Crippen LogP contribution in [0.3, 0.4) is 0 Å². The van der Waals surface area contributed by atoms with E-state index >= 15 is 0 Å². The average molecular weight is 532 g/mol. The molecule has 0 bridgehead atoms. The number of hydrogen-bond acceptors (Lipinski definition) is 4. The summed E-state index contributed by atoms with van der Waals surface area (Å²) in [7, 11) is 1.81. The first-order valence-electron chi connectivity index (χ1n) is 11.2. The molecule has 1 aromatic carbocycles. The smallest absolute Gasteiger partial charge is 0.191 e. The van der Waals surface area contributed by atoms with E-state index in [0.29, 0.717) is 12.5 Å². The van der Waals surface area contributed by atoms with Crippen molar-refractivity contribution in [2.24, 2.45) is 10.9 Å². The first-order chi connectivity index (χ1) is 14.1. The van der Waals surface area contributed by atoms with Crippen molar-refractivity contribution in [3.05, 3.63) is 35.4 Å². The molecule has 1 aliphatic rings. The van der Waals surface area contributed by atoms with E-state index in [1.165, 1.54) is 24.2 Å². The van der Waals surface area contributed by atoms with Crippen LogP contribution in [-0.4, -0.2) is 75.3 Å². The Morgan fingerprint density at radius 1 is 1.03 bits per heavy atom. The number of guanidine groups is 1. The number of benzene rings is 1. The molecule has 1 saturated heterocycles. The Labute approximate surface area is 200 Å². The van der Waals surface area contributed by atoms with Gasteiger partial charge in [-0.15, -0.1) is 24.0 Å². The molecule has 0 spiro atoms. The van der Waals surface area contributed by atoms with Crippen LogP contribution < -0.4 is 10.6 Å². The monoisotopic (exact) mass is 531 g/mol. The Hall–Kier alpha value is -0.900. The summed E-state index contributed by atoms with van der Waals surface area (Å²) in [6, 6.07) is 8.73. The van der Waals surface area contributed by atoms with Crippen LogP contribution in [0.1, 0.15) is 38.3 Å². The lowest BCUT2D eigenvalue weighted by atomic mass is 10.1. The van der Waals surface area contributed by atoms with Gasteiger partial charge in [-0.1, -0.05) is 45.0 Å². The molecule has 0 aromatic heterocycles. The van der Waals surface area contributed by atoms with Gasteiger partial charge in [0.15, 0.2) is 5.96 Å². The van der Waals surface area contributed by atoms with E-state index in [-0.39, 0.29) is 24.0 Å². The summed E-state index contributed by atoms with van der Waals surface area (Å²) >= 11 is 0. The van der Waals surface area contributed by atoms with Crippen LogP contribution in [0.4, 0.5) is 0 Å². The molecule has 7 heteroatoms. The number of nitrogens with one attached hydrogen (secondary N) is 2. The third kappa shape index (κ3) is 10.4. The number of nitrogens with zero attached hydrogens (tertiary/aromatic N) is 3. The van der Waals surface area contributed by atoms with Gasteiger partial charge < -0.3 is 20.3 Å². The molecule has 1 heterocycles. The molecule has 2 N–H and O–H groups in total. The SMILES string of the molecule is CCN1CCN(Cc2ccccc2CNC(=NC)NCCOCCC(C)C)CC1.I. The molecular formula is C23H42IN5O. The third-order valence-electron chi connectivity index (χ3n) is 5.47. The normalized spacial score (nSPS) is 15.8. The number of piperazine rings is 1. The maximum Gasteiger partial charge on any atom is 0.191 e. The summed E-state index contributed by atoms with van der Waals surface area (Å²) in [6.45, 7) is 16.6. The molecule has 0 saturated carbocycles. The van der Waals surface area contributed by atoms with Crippen LogP contribution in [0, 0.1) is 5.92 Å². The molecule has 6 nitrogen and oxygen atoms in total. The fourth-order valence-corrected chi connectivity index (χ4v) is 3.45. The van der Waals surface area contributed by atoms with E-state index in [1.54, 1.807) is 0 Å². The minimum absolute atomic E-state index is 0. The van der Waals surface area contributed by atoms with E-state index in [0.717, 1.165) is 58.3 Å². The number of halogens is 1. The van der Waals surface area contributed by atoms with Crippen LogP contribution in [0.15, 0.2) is 29.3 Å². The van der Waals surface area contributed by atoms with Gasteiger partial charge in [0.05, 0.1) is 6.61 Å². The number of ether oxygens (including phenoxy) is 1. The lowest BCUT2D eigenvalue weighted by molar-refractivity contribution is 0.128. The summed E-state index contributed by atoms with van der Waals surface area (Å²) < 4.78 is 5.67. The minimum Gasteiger partial charge on any atom is -0.380 e. The summed E-state index contributed by atoms with van der Waals surface area (Å²) in [5, 5.41) is 6.78. The molecule has 0 radical (unpaired) electrons. The molecule has 2 rings (SSSR count). The van der Waals surface area contributed by atoms with Gasteiger partial charge in [-0.05, 0) is 30.0 Å². The van der Waals surface area contributed by atoms with Crippen molar-refractivity contribution in [1.82, 2.24) is 20.4 Å². The molecule has 0 unspecified atom stereocenters. The second-order valence-corrected chi connectivity index (χ2v) is 8.13. The molecule has 30 heavy (non-hydrogen) atoms. The van der Waals surface area contributed by atoms with Crippen molar-refractivity contribution in [1.29, 1.82) is 0 Å². The highest BCUT2D eigenvalue weighted by atomic mass is 127. The molecule has 1 fully saturated rings. The van der Waals surface area contributed by atoms with Gasteiger partial charge in [0.25, 0.3) is 0 Å². The Balaban J connectivity index is 0.00000450. The fraction of sp³-hybridized carbons (Fsp3) is 0.696. The molecule has 172 valence electrons. The molecule has 0 amide bonds. The molecule has 1 aromatic rings. The van der Waals surface area contributed by atoms with Crippen molar-refractivity contribution in [2.75, 3.05) is 59.5 Å². The summed E-state index contributed by atoms with van der Waals surface area (Å²) in [5.74, 6) is 1.51. The first-order valence-corrected chi connectivity index (χ1v) is 11.2. The van der Waals surface area contributed by atoms with E-state index < -0.39 is 0 Å². The minimum atomic E-state index is 0. The Morgan fingerprint density at radius 3 is 2.33 bits per heavy atom. The standard InChI is InChI=1S/C23H41N5O.HI/c1-5-27-12-14-28(15-13-27)19-22-9-7-6-8-21(22)18-26-23(24-4)25-11-17-29-16-10-20(2)3;/h6-9,20H,5,10-19H2,1-4H3,(H2,24,25,26);1H. The van der Waals surface area contributed by atoms with E-state index in [4.69, 9.17) is 4.74 Å². The van der Waals surface area contributed by atoms with Crippen molar-refractivity contribution < 1.29 is 4.74 Å². The van der Waals surface area contributed by atoms with Crippen molar-refractivity contribution in [2.45, 2.75) is 40.3 Å². The summed E-state index contributed by atoms with van der Waals surface area (Å²) in [4.78, 5) is 9.42. The van der Waals surface area contributed by atoms with Gasteiger partial charge in [-0.2, -0.15) is 0 Å². The first kappa shape index (κ1) is 27.1. The van der Waals surface area contributed by atoms with Crippen LogP contribution >= 0.6 is 24.0 Å². The average Bonchev–Trinajstić information content (AvgIpc) is 2.74. The summed E-state index contributed by atoms with van der Waals surface area (Å²) in [6.07, 6.45) is 1.11. The maximum atomic E-state index is 5.67. The highest BCUT2D eigenvalue weighted by Crippen LogP contribution is 2.13. The molecule has 0 aliphatic carbocycles. The van der Waals surface area contributed by atoms with Gasteiger partial charge in [-0.3, -0.25) is 9.89 Å². The van der Waals surface area contributed by atoms with Crippen molar-refractivity contribution in [3.63, 3.8) is 0 Å². The van der Waals surface area contributed by atoms with E-state index in [2.05, 4.69) is 70.5 Å². The molecule has 0 atom stereocenters. The zero-order valence-corrected chi connectivity index (χ0v) is 21.7. The van der Waals surface area contributed by atoms with Gasteiger partial charge in [-0.25, -0.2) is 0 Å². The predicted molar refractivity (Wildman–Crippen MR) is 138 cm³/mol. The number of rotatable bonds is 11. The van der Waals surface area contributed by atoms with E-state index in [1.807, 2.05) is 7.05 Å². The van der Waals surface area contributed by atoms with Crippen LogP contribution in [0.25, 0.3) is 0 Å². The Bertz CT molecular complexity index is 603. The highest BCUT2D eigenvalue weighted by Gasteiger charge is 2.16. The Morgan fingerprint density at radius 2 is 1.70 bits per heavy atom. The van der Waals surface area contributed by atoms with Crippen molar-refractivity contribution >= 4 is 29.9 Å². The van der Waals surface area contributed by atoms with Gasteiger partial charge in [0.2, 0.25) is 0 Å². The topological polar surface area (TPSA) is 52.1 Å². The maximum absolute atomic E-state index is 5.67. The predicted octanol–water partition coefficient (Wildman–Crippen LogP) is 3.17. The number of aliphatic imine (C=N–C) groups is 1. The van der Waals surface area contributed by atoms with Crippen LogP contribution in [-0.2, 0) is 17.8 Å². The van der Waals surface area contributed by atoms with E-state index in [9.17, 15) is 0 Å².